The third-order valence-electron chi connectivity index (χ3n) is 1.05. The lowest BCUT2D eigenvalue weighted by atomic mass is 10.4. The zero-order chi connectivity index (χ0) is 7.49. The Kier molecular flexibility index (Phi) is 3.14. The largest absolute Gasteiger partial charge is 0.316 e. The molecule has 56 valence electrons. The van der Waals surface area contributed by atoms with Crippen molar-refractivity contribution in [2.24, 2.45) is 0 Å². The Morgan fingerprint density at radius 2 is 2.00 bits per heavy atom. The quantitative estimate of drug-likeness (QED) is 0.599. The second-order valence-electron chi connectivity index (χ2n) is 2.28. The van der Waals surface area contributed by atoms with Crippen LogP contribution in [0.4, 0.5) is 0 Å². The predicted octanol–water partition coefficient (Wildman–Crippen LogP) is -0.361. The zero-order valence-corrected chi connectivity index (χ0v) is 6.83. The summed E-state index contributed by atoms with van der Waals surface area (Å²) in [5, 5.41) is 2.84. The minimum Gasteiger partial charge on any atom is -0.316 e. The van der Waals surface area contributed by atoms with Crippen LogP contribution in [-0.4, -0.2) is 33.5 Å². The average molecular weight is 151 g/mol. The average Bonchev–Trinajstić information content (AvgIpc) is 1.62. The molecule has 0 aliphatic rings. The van der Waals surface area contributed by atoms with Crippen molar-refractivity contribution in [3.63, 3.8) is 0 Å². The van der Waals surface area contributed by atoms with Crippen molar-refractivity contribution in [1.82, 2.24) is 5.32 Å². The van der Waals surface area contributed by atoms with Crippen molar-refractivity contribution < 1.29 is 8.42 Å². The van der Waals surface area contributed by atoms with Crippen molar-refractivity contribution in [3.8, 4) is 0 Å². The summed E-state index contributed by atoms with van der Waals surface area (Å²) in [5.41, 5.74) is 0. The molecule has 0 saturated carbocycles. The highest BCUT2D eigenvalue weighted by Gasteiger charge is 2.06. The summed E-state index contributed by atoms with van der Waals surface area (Å²) < 4.78 is 21.1. The number of hydrogen-bond acceptors (Lipinski definition) is 3. The Bertz CT molecular complexity index is 162. The van der Waals surface area contributed by atoms with Gasteiger partial charge in [-0.1, -0.05) is 0 Å². The SMILES string of the molecule is CNC(C)CS(C)(=O)=O. The van der Waals surface area contributed by atoms with Crippen molar-refractivity contribution in [3.05, 3.63) is 0 Å². The molecule has 0 aliphatic carbocycles. The van der Waals surface area contributed by atoms with Gasteiger partial charge in [0.1, 0.15) is 9.84 Å². The number of rotatable bonds is 3. The van der Waals surface area contributed by atoms with E-state index in [-0.39, 0.29) is 11.8 Å². The fourth-order valence-electron chi connectivity index (χ4n) is 0.537. The molecule has 0 rings (SSSR count). The molecule has 0 heterocycles. The molecule has 0 saturated heterocycles. The van der Waals surface area contributed by atoms with Crippen molar-refractivity contribution in [2.45, 2.75) is 13.0 Å². The lowest BCUT2D eigenvalue weighted by molar-refractivity contribution is 0.584. The summed E-state index contributed by atoms with van der Waals surface area (Å²) in [7, 11) is -1.05. The molecule has 0 aromatic carbocycles. The molecule has 4 heteroatoms. The van der Waals surface area contributed by atoms with Crippen molar-refractivity contribution in [2.75, 3.05) is 19.1 Å². The predicted molar refractivity (Wildman–Crippen MR) is 38.2 cm³/mol. The molecule has 3 nitrogen and oxygen atoms in total. The molecule has 0 aromatic heterocycles. The number of sulfone groups is 1. The topological polar surface area (TPSA) is 46.2 Å². The fourth-order valence-corrected chi connectivity index (χ4v) is 1.61. The van der Waals surface area contributed by atoms with Crippen LogP contribution < -0.4 is 5.32 Å². The first-order chi connectivity index (χ1) is 3.95. The first-order valence-electron chi connectivity index (χ1n) is 2.80. The van der Waals surface area contributed by atoms with E-state index in [4.69, 9.17) is 0 Å². The van der Waals surface area contributed by atoms with Gasteiger partial charge in [-0.25, -0.2) is 8.42 Å². The van der Waals surface area contributed by atoms with Crippen LogP contribution in [0.25, 0.3) is 0 Å². The highest BCUT2D eigenvalue weighted by atomic mass is 32.2. The maximum atomic E-state index is 10.6. The van der Waals surface area contributed by atoms with Gasteiger partial charge in [0.2, 0.25) is 0 Å². The lowest BCUT2D eigenvalue weighted by Gasteiger charge is -2.06. The first kappa shape index (κ1) is 8.91. The monoisotopic (exact) mass is 151 g/mol. The van der Waals surface area contributed by atoms with E-state index >= 15 is 0 Å². The summed E-state index contributed by atoms with van der Waals surface area (Å²) in [5.74, 6) is 0.212. The molecule has 0 fully saturated rings. The summed E-state index contributed by atoms with van der Waals surface area (Å²) in [6.07, 6.45) is 1.24. The zero-order valence-electron chi connectivity index (χ0n) is 6.01. The molecule has 0 radical (unpaired) electrons. The Hall–Kier alpha value is -0.0900. The van der Waals surface area contributed by atoms with Gasteiger partial charge in [-0.3, -0.25) is 0 Å². The Morgan fingerprint density at radius 1 is 1.56 bits per heavy atom. The van der Waals surface area contributed by atoms with E-state index in [1.807, 2.05) is 6.92 Å². The molecular weight excluding hydrogens is 138 g/mol. The van der Waals surface area contributed by atoms with Crippen LogP contribution in [-0.2, 0) is 9.84 Å². The summed E-state index contributed by atoms with van der Waals surface area (Å²) in [4.78, 5) is 0. The molecule has 0 amide bonds. The van der Waals surface area contributed by atoms with Gasteiger partial charge in [0, 0.05) is 12.3 Å². The summed E-state index contributed by atoms with van der Waals surface area (Å²) in [6, 6.07) is 0.0556. The lowest BCUT2D eigenvalue weighted by Crippen LogP contribution is -2.29. The van der Waals surface area contributed by atoms with E-state index in [1.54, 1.807) is 7.05 Å². The number of nitrogens with one attached hydrogen (secondary N) is 1. The standard InChI is InChI=1S/C5H13NO2S/c1-5(6-2)4-9(3,7)8/h5-6H,4H2,1-3H3. The molecule has 1 atom stereocenters. The normalized spacial score (nSPS) is 15.4. The van der Waals surface area contributed by atoms with Crippen LogP contribution in [0.15, 0.2) is 0 Å². The van der Waals surface area contributed by atoms with Crippen LogP contribution in [0.3, 0.4) is 0 Å². The van der Waals surface area contributed by atoms with E-state index in [1.165, 1.54) is 6.26 Å². The minimum absolute atomic E-state index is 0.0556. The third kappa shape index (κ3) is 5.79. The Labute approximate surface area is 56.4 Å². The van der Waals surface area contributed by atoms with E-state index in [9.17, 15) is 8.42 Å². The minimum atomic E-state index is -2.80. The Balaban J connectivity index is 3.75. The van der Waals surface area contributed by atoms with E-state index in [0.717, 1.165) is 0 Å². The molecular formula is C5H13NO2S. The van der Waals surface area contributed by atoms with Gasteiger partial charge in [-0.15, -0.1) is 0 Å². The maximum Gasteiger partial charge on any atom is 0.148 e. The highest BCUT2D eigenvalue weighted by molar-refractivity contribution is 7.90. The van der Waals surface area contributed by atoms with E-state index in [2.05, 4.69) is 5.32 Å². The first-order valence-corrected chi connectivity index (χ1v) is 4.87. The molecule has 9 heavy (non-hydrogen) atoms. The summed E-state index contributed by atoms with van der Waals surface area (Å²) >= 11 is 0. The smallest absolute Gasteiger partial charge is 0.148 e. The van der Waals surface area contributed by atoms with Gasteiger partial charge in [0.05, 0.1) is 5.75 Å². The van der Waals surface area contributed by atoms with Gasteiger partial charge < -0.3 is 5.32 Å². The number of hydrogen-bond donors (Lipinski definition) is 1. The van der Waals surface area contributed by atoms with Gasteiger partial charge >= 0.3 is 0 Å². The van der Waals surface area contributed by atoms with Crippen LogP contribution >= 0.6 is 0 Å². The highest BCUT2D eigenvalue weighted by Crippen LogP contribution is 1.87. The third-order valence-corrected chi connectivity index (χ3v) is 2.15. The Morgan fingerprint density at radius 3 is 2.11 bits per heavy atom. The fraction of sp³-hybridized carbons (Fsp3) is 1.00. The van der Waals surface area contributed by atoms with Gasteiger partial charge in [-0.05, 0) is 14.0 Å². The second-order valence-corrected chi connectivity index (χ2v) is 4.47. The molecule has 0 aromatic rings. The van der Waals surface area contributed by atoms with E-state index in [0.29, 0.717) is 0 Å². The summed E-state index contributed by atoms with van der Waals surface area (Å²) in [6.45, 7) is 1.83. The molecule has 0 spiro atoms. The van der Waals surface area contributed by atoms with Crippen molar-refractivity contribution in [1.29, 1.82) is 0 Å². The van der Waals surface area contributed by atoms with Crippen molar-refractivity contribution >= 4 is 9.84 Å². The van der Waals surface area contributed by atoms with Crippen LogP contribution in [0.2, 0.25) is 0 Å². The maximum absolute atomic E-state index is 10.6. The molecule has 1 N–H and O–H groups in total. The van der Waals surface area contributed by atoms with Gasteiger partial charge in [-0.2, -0.15) is 0 Å². The van der Waals surface area contributed by atoms with Crippen LogP contribution in [0.5, 0.6) is 0 Å². The second kappa shape index (κ2) is 3.17. The molecule has 0 bridgehead atoms. The van der Waals surface area contributed by atoms with Crippen LogP contribution in [0, 0.1) is 0 Å². The van der Waals surface area contributed by atoms with Gasteiger partial charge in [0.15, 0.2) is 0 Å². The van der Waals surface area contributed by atoms with Crippen LogP contribution in [0.1, 0.15) is 6.92 Å². The van der Waals surface area contributed by atoms with Gasteiger partial charge in [0.25, 0.3) is 0 Å². The van der Waals surface area contributed by atoms with E-state index < -0.39 is 9.84 Å². The molecule has 0 aliphatic heterocycles. The molecule has 1 unspecified atom stereocenters.